The van der Waals surface area contributed by atoms with Crippen molar-refractivity contribution in [1.29, 1.82) is 0 Å². The summed E-state index contributed by atoms with van der Waals surface area (Å²) in [4.78, 5) is 10.5. The van der Waals surface area contributed by atoms with Gasteiger partial charge in [-0.3, -0.25) is 0 Å². The summed E-state index contributed by atoms with van der Waals surface area (Å²) in [5, 5.41) is 9.70. The van der Waals surface area contributed by atoms with Crippen molar-refractivity contribution in [3.8, 4) is 11.3 Å². The van der Waals surface area contributed by atoms with E-state index in [1.54, 1.807) is 11.3 Å². The largest absolute Gasteiger partial charge is 0.359 e. The molecule has 2 aromatic heterocycles. The minimum Gasteiger partial charge on any atom is -0.359 e. The molecule has 0 unspecified atom stereocenters. The molecular weight excluding hydrogens is 380 g/mol. The van der Waals surface area contributed by atoms with E-state index in [2.05, 4.69) is 39.3 Å². The number of halogens is 1. The molecule has 1 fully saturated rings. The predicted molar refractivity (Wildman–Crippen MR) is 113 cm³/mol. The lowest BCUT2D eigenvalue weighted by molar-refractivity contribution is 0.148. The van der Waals surface area contributed by atoms with Crippen LogP contribution in [-0.2, 0) is 0 Å². The van der Waals surface area contributed by atoms with E-state index in [-0.39, 0.29) is 0 Å². The number of likely N-dealkylation sites (tertiary alicyclic amines) is 1. The number of hydrogen-bond acceptors (Lipinski definition) is 6. The van der Waals surface area contributed by atoms with Gasteiger partial charge in [-0.25, -0.2) is 9.50 Å². The lowest BCUT2D eigenvalue weighted by Crippen LogP contribution is -2.43. The molecule has 0 aliphatic carbocycles. The maximum atomic E-state index is 5.95. The minimum atomic E-state index is 0.732. The van der Waals surface area contributed by atoms with Crippen molar-refractivity contribution in [3.05, 3.63) is 35.5 Å². The summed E-state index contributed by atoms with van der Waals surface area (Å²) in [5.41, 5.74) is 1.97. The van der Waals surface area contributed by atoms with Crippen molar-refractivity contribution >= 4 is 33.0 Å². The molecule has 0 saturated carbocycles. The topological polar surface area (TPSA) is 48.7 Å². The van der Waals surface area contributed by atoms with Gasteiger partial charge in [0.15, 0.2) is 0 Å². The molecule has 1 aromatic carbocycles. The van der Waals surface area contributed by atoms with E-state index in [1.807, 2.05) is 35.0 Å². The van der Waals surface area contributed by atoms with Gasteiger partial charge >= 0.3 is 0 Å². The van der Waals surface area contributed by atoms with Crippen molar-refractivity contribution in [1.82, 2.24) is 24.4 Å². The number of piperidine rings is 1. The molecule has 0 radical (unpaired) electrons. The van der Waals surface area contributed by atoms with E-state index in [0.29, 0.717) is 0 Å². The summed E-state index contributed by atoms with van der Waals surface area (Å²) in [5.74, 6) is 0. The molecule has 6 nitrogen and oxygen atoms in total. The lowest BCUT2D eigenvalue weighted by Gasteiger charge is -2.35. The number of benzene rings is 1. The summed E-state index contributed by atoms with van der Waals surface area (Å²) in [6.07, 6.45) is 4.48. The summed E-state index contributed by atoms with van der Waals surface area (Å²) in [7, 11) is 4.36. The fraction of sp³-hybridized carbons (Fsp3) is 0.474. The first-order valence-corrected chi connectivity index (χ1v) is 10.5. The molecule has 4 rings (SSSR count). The minimum absolute atomic E-state index is 0.732. The number of rotatable bonds is 6. The molecule has 1 aliphatic rings. The summed E-state index contributed by atoms with van der Waals surface area (Å²) >= 11 is 7.54. The third-order valence-corrected chi connectivity index (χ3v) is 6.31. The Morgan fingerprint density at radius 3 is 2.63 bits per heavy atom. The Morgan fingerprint density at radius 2 is 1.96 bits per heavy atom. The summed E-state index contributed by atoms with van der Waals surface area (Å²) in [6.45, 7) is 4.32. The highest BCUT2D eigenvalue weighted by atomic mass is 35.5. The SMILES string of the molecule is CN(C)C1CCN(CCNc2nn3cc(-c4ccc(Cl)cc4)nc3s2)CC1. The van der Waals surface area contributed by atoms with Gasteiger partial charge in [-0.1, -0.05) is 35.1 Å². The molecule has 3 heterocycles. The number of nitrogens with zero attached hydrogens (tertiary/aromatic N) is 5. The van der Waals surface area contributed by atoms with Gasteiger partial charge in [-0.2, -0.15) is 0 Å². The van der Waals surface area contributed by atoms with Gasteiger partial charge in [0.2, 0.25) is 10.1 Å². The molecule has 0 amide bonds. The molecule has 1 saturated heterocycles. The van der Waals surface area contributed by atoms with Crippen LogP contribution in [0, 0.1) is 0 Å². The Labute approximate surface area is 168 Å². The highest BCUT2D eigenvalue weighted by Crippen LogP contribution is 2.25. The molecule has 3 aromatic rings. The van der Waals surface area contributed by atoms with Crippen LogP contribution < -0.4 is 5.32 Å². The van der Waals surface area contributed by atoms with Crippen molar-refractivity contribution in [2.75, 3.05) is 45.6 Å². The Morgan fingerprint density at radius 1 is 1.22 bits per heavy atom. The number of nitrogens with one attached hydrogen (secondary N) is 1. The van der Waals surface area contributed by atoms with Crippen LogP contribution in [0.4, 0.5) is 5.13 Å². The second kappa shape index (κ2) is 8.14. The number of aromatic nitrogens is 3. The molecule has 0 bridgehead atoms. The summed E-state index contributed by atoms with van der Waals surface area (Å²) in [6, 6.07) is 8.45. The Kier molecular flexibility index (Phi) is 5.63. The molecule has 0 spiro atoms. The fourth-order valence-electron chi connectivity index (χ4n) is 3.51. The van der Waals surface area contributed by atoms with Gasteiger partial charge in [0, 0.05) is 29.7 Å². The van der Waals surface area contributed by atoms with E-state index in [9.17, 15) is 0 Å². The van der Waals surface area contributed by atoms with Gasteiger partial charge in [0.25, 0.3) is 0 Å². The average Bonchev–Trinajstić information content (AvgIpc) is 3.21. The van der Waals surface area contributed by atoms with E-state index >= 15 is 0 Å². The lowest BCUT2D eigenvalue weighted by atomic mass is 10.0. The third-order valence-electron chi connectivity index (χ3n) is 5.17. The van der Waals surface area contributed by atoms with Crippen LogP contribution in [0.2, 0.25) is 5.02 Å². The van der Waals surface area contributed by atoms with Gasteiger partial charge in [-0.05, 0) is 52.2 Å². The van der Waals surface area contributed by atoms with Crippen LogP contribution in [-0.4, -0.2) is 70.7 Å². The zero-order valence-corrected chi connectivity index (χ0v) is 17.3. The Bertz CT molecular complexity index is 848. The molecule has 0 atom stereocenters. The highest BCUT2D eigenvalue weighted by Gasteiger charge is 2.20. The van der Waals surface area contributed by atoms with Gasteiger partial charge in [-0.15, -0.1) is 5.10 Å². The quantitative estimate of drug-likeness (QED) is 0.680. The first kappa shape index (κ1) is 18.7. The molecule has 8 heteroatoms. The first-order valence-electron chi connectivity index (χ1n) is 9.33. The number of imidazole rings is 1. The molecule has 1 N–H and O–H groups in total. The monoisotopic (exact) mass is 404 g/mol. The van der Waals surface area contributed by atoms with E-state index in [0.717, 1.165) is 45.5 Å². The van der Waals surface area contributed by atoms with Gasteiger partial charge in [0.05, 0.1) is 11.9 Å². The maximum absolute atomic E-state index is 5.95. The Balaban J connectivity index is 1.30. The second-order valence-corrected chi connectivity index (χ2v) is 8.62. The highest BCUT2D eigenvalue weighted by molar-refractivity contribution is 7.20. The van der Waals surface area contributed by atoms with Crippen molar-refractivity contribution in [3.63, 3.8) is 0 Å². The van der Waals surface area contributed by atoms with E-state index in [1.165, 1.54) is 25.9 Å². The summed E-state index contributed by atoms with van der Waals surface area (Å²) < 4.78 is 1.85. The van der Waals surface area contributed by atoms with Crippen LogP contribution >= 0.6 is 22.9 Å². The third kappa shape index (κ3) is 4.43. The molecule has 27 heavy (non-hydrogen) atoms. The molecule has 1 aliphatic heterocycles. The molecule has 144 valence electrons. The zero-order valence-electron chi connectivity index (χ0n) is 15.7. The number of fused-ring (bicyclic) bond motifs is 1. The smallest absolute Gasteiger partial charge is 0.214 e. The van der Waals surface area contributed by atoms with Crippen LogP contribution in [0.1, 0.15) is 12.8 Å². The maximum Gasteiger partial charge on any atom is 0.214 e. The van der Waals surface area contributed by atoms with Crippen molar-refractivity contribution in [2.24, 2.45) is 0 Å². The van der Waals surface area contributed by atoms with Gasteiger partial charge < -0.3 is 15.1 Å². The van der Waals surface area contributed by atoms with Crippen LogP contribution in [0.15, 0.2) is 30.5 Å². The first-order chi connectivity index (χ1) is 13.1. The molecular formula is C19H25ClN6S. The van der Waals surface area contributed by atoms with Crippen molar-refractivity contribution in [2.45, 2.75) is 18.9 Å². The zero-order chi connectivity index (χ0) is 18.8. The predicted octanol–water partition coefficient (Wildman–Crippen LogP) is 3.55. The standard InChI is InChI=1S/C19H25ClN6S/c1-24(2)16-7-10-25(11-8-16)12-9-21-18-23-26-13-17(22-19(26)27-18)14-3-5-15(20)6-4-14/h3-6,13,16H,7-12H2,1-2H3,(H,21,23). The van der Waals surface area contributed by atoms with E-state index in [4.69, 9.17) is 11.6 Å². The second-order valence-electron chi connectivity index (χ2n) is 7.23. The van der Waals surface area contributed by atoms with Gasteiger partial charge in [0.1, 0.15) is 0 Å². The van der Waals surface area contributed by atoms with Crippen LogP contribution in [0.25, 0.3) is 16.2 Å². The normalized spacial score (nSPS) is 16.4. The van der Waals surface area contributed by atoms with E-state index < -0.39 is 0 Å². The Hall–Kier alpha value is -1.67. The average molecular weight is 405 g/mol. The fourth-order valence-corrected chi connectivity index (χ4v) is 4.44. The van der Waals surface area contributed by atoms with Crippen LogP contribution in [0.3, 0.4) is 0 Å². The van der Waals surface area contributed by atoms with Crippen molar-refractivity contribution < 1.29 is 0 Å². The van der Waals surface area contributed by atoms with Crippen LogP contribution in [0.5, 0.6) is 0 Å². The number of hydrogen-bond donors (Lipinski definition) is 1. The number of anilines is 1.